The second kappa shape index (κ2) is 5.30. The summed E-state index contributed by atoms with van der Waals surface area (Å²) < 4.78 is 44.1. The highest BCUT2D eigenvalue weighted by molar-refractivity contribution is 6.32. The fourth-order valence-electron chi connectivity index (χ4n) is 2.90. The molecule has 21 heavy (non-hydrogen) atoms. The van der Waals surface area contributed by atoms with Gasteiger partial charge in [0.1, 0.15) is 0 Å². The lowest BCUT2D eigenvalue weighted by Gasteiger charge is -2.42. The number of alkyl halides is 3. The lowest BCUT2D eigenvalue weighted by molar-refractivity contribution is -0.137. The van der Waals surface area contributed by atoms with E-state index in [0.29, 0.717) is 30.2 Å². The van der Waals surface area contributed by atoms with Crippen molar-refractivity contribution in [2.45, 2.75) is 24.7 Å². The van der Waals surface area contributed by atoms with Gasteiger partial charge in [-0.3, -0.25) is 4.90 Å². The molecule has 0 spiro atoms. The number of halogens is 4. The molecule has 0 aromatic heterocycles. The normalized spacial score (nSPS) is 26.6. The maximum absolute atomic E-state index is 12.9. The number of ether oxygens (including phenoxy) is 1. The van der Waals surface area contributed by atoms with E-state index in [4.69, 9.17) is 16.3 Å². The van der Waals surface area contributed by atoms with Crippen LogP contribution < -0.4 is 0 Å². The van der Waals surface area contributed by atoms with Gasteiger partial charge < -0.3 is 4.74 Å². The topological polar surface area (TPSA) is 12.5 Å². The first-order valence-electron chi connectivity index (χ1n) is 6.74. The summed E-state index contributed by atoms with van der Waals surface area (Å²) in [5.74, 6) is 0. The molecular formula is C15H15ClF3NO. The Labute approximate surface area is 126 Å². The van der Waals surface area contributed by atoms with Crippen LogP contribution in [0.5, 0.6) is 0 Å². The Bertz CT molecular complexity index is 585. The van der Waals surface area contributed by atoms with E-state index < -0.39 is 11.7 Å². The van der Waals surface area contributed by atoms with E-state index in [1.807, 2.05) is 13.1 Å². The molecule has 2 aliphatic heterocycles. The molecule has 2 unspecified atom stereocenters. The van der Waals surface area contributed by atoms with Gasteiger partial charge in [-0.25, -0.2) is 0 Å². The smallest absolute Gasteiger partial charge is 0.378 e. The predicted molar refractivity (Wildman–Crippen MR) is 75.2 cm³/mol. The Kier molecular flexibility index (Phi) is 3.76. The number of fused-ring (bicyclic) bond motifs is 2. The van der Waals surface area contributed by atoms with Crippen LogP contribution in [0.2, 0.25) is 5.02 Å². The highest BCUT2D eigenvalue weighted by atomic mass is 35.5. The van der Waals surface area contributed by atoms with Gasteiger partial charge in [-0.2, -0.15) is 13.2 Å². The lowest BCUT2D eigenvalue weighted by atomic mass is 9.89. The summed E-state index contributed by atoms with van der Waals surface area (Å²) in [4.78, 5) is 2.20. The SMILES string of the molecule is CN1C2C=C(c3cc(C(F)(F)F)ccc3Cl)CC1COC2. The summed E-state index contributed by atoms with van der Waals surface area (Å²) in [5.41, 5.74) is 0.696. The van der Waals surface area contributed by atoms with E-state index in [9.17, 15) is 13.2 Å². The minimum absolute atomic E-state index is 0.0955. The van der Waals surface area contributed by atoms with Gasteiger partial charge in [-0.1, -0.05) is 17.7 Å². The van der Waals surface area contributed by atoms with Gasteiger partial charge in [-0.05, 0) is 42.8 Å². The van der Waals surface area contributed by atoms with E-state index in [1.54, 1.807) is 0 Å². The minimum Gasteiger partial charge on any atom is -0.378 e. The number of rotatable bonds is 1. The molecule has 1 fully saturated rings. The molecule has 6 heteroatoms. The molecule has 1 saturated heterocycles. The van der Waals surface area contributed by atoms with Gasteiger partial charge in [0.05, 0.1) is 24.8 Å². The van der Waals surface area contributed by atoms with Gasteiger partial charge in [0.2, 0.25) is 0 Å². The van der Waals surface area contributed by atoms with Crippen LogP contribution in [0.1, 0.15) is 17.5 Å². The molecule has 0 amide bonds. The molecule has 3 rings (SSSR count). The third-order valence-corrected chi connectivity index (χ3v) is 4.52. The van der Waals surface area contributed by atoms with Crippen molar-refractivity contribution in [3.63, 3.8) is 0 Å². The zero-order valence-electron chi connectivity index (χ0n) is 11.5. The highest BCUT2D eigenvalue weighted by Gasteiger charge is 2.34. The van der Waals surface area contributed by atoms with Crippen LogP contribution >= 0.6 is 11.6 Å². The Morgan fingerprint density at radius 2 is 2.05 bits per heavy atom. The third-order valence-electron chi connectivity index (χ3n) is 4.19. The molecule has 1 aromatic rings. The van der Waals surface area contributed by atoms with E-state index in [2.05, 4.69) is 4.90 Å². The van der Waals surface area contributed by atoms with Gasteiger partial charge in [0.15, 0.2) is 0 Å². The second-order valence-corrected chi connectivity index (χ2v) is 5.92. The highest BCUT2D eigenvalue weighted by Crippen LogP contribution is 2.38. The molecule has 0 aliphatic carbocycles. The minimum atomic E-state index is -4.36. The number of morpholine rings is 1. The standard InChI is InChI=1S/C15H15ClF3NO/c1-20-11-4-9(5-12(20)8-21-7-11)13-6-10(15(17,18)19)2-3-14(13)16/h2-4,6,11-12H,5,7-8H2,1H3. The summed E-state index contributed by atoms with van der Waals surface area (Å²) in [6.07, 6.45) is -1.74. The van der Waals surface area contributed by atoms with Crippen LogP contribution in [0, 0.1) is 0 Å². The van der Waals surface area contributed by atoms with Gasteiger partial charge in [0, 0.05) is 11.1 Å². The van der Waals surface area contributed by atoms with Crippen LogP contribution in [0.4, 0.5) is 13.2 Å². The monoisotopic (exact) mass is 317 g/mol. The zero-order chi connectivity index (χ0) is 15.2. The van der Waals surface area contributed by atoms with Crippen LogP contribution in [0.15, 0.2) is 24.3 Å². The van der Waals surface area contributed by atoms with Crippen molar-refractivity contribution in [3.8, 4) is 0 Å². The van der Waals surface area contributed by atoms with Gasteiger partial charge in [0.25, 0.3) is 0 Å². The van der Waals surface area contributed by atoms with Crippen LogP contribution in [-0.4, -0.2) is 37.2 Å². The summed E-state index contributed by atoms with van der Waals surface area (Å²) in [5, 5.41) is 0.359. The first kappa shape index (κ1) is 14.9. The van der Waals surface area contributed by atoms with Crippen molar-refractivity contribution in [1.82, 2.24) is 4.90 Å². The molecule has 2 atom stereocenters. The number of likely N-dealkylation sites (N-methyl/N-ethyl adjacent to an activating group) is 1. The average Bonchev–Trinajstić information content (AvgIpc) is 2.38. The van der Waals surface area contributed by atoms with Crippen molar-refractivity contribution in [1.29, 1.82) is 0 Å². The summed E-state index contributed by atoms with van der Waals surface area (Å²) in [6, 6.07) is 3.78. The molecule has 2 aliphatic rings. The summed E-state index contributed by atoms with van der Waals surface area (Å²) in [7, 11) is 2.01. The second-order valence-electron chi connectivity index (χ2n) is 5.51. The Hall–Kier alpha value is -1.04. The maximum atomic E-state index is 12.9. The van der Waals surface area contributed by atoms with Crippen molar-refractivity contribution in [2.75, 3.05) is 20.3 Å². The van der Waals surface area contributed by atoms with Crippen LogP contribution in [-0.2, 0) is 10.9 Å². The first-order chi connectivity index (χ1) is 9.86. The van der Waals surface area contributed by atoms with Crippen molar-refractivity contribution in [2.24, 2.45) is 0 Å². The molecule has 0 radical (unpaired) electrons. The Balaban J connectivity index is 2.00. The number of hydrogen-bond donors (Lipinski definition) is 0. The third kappa shape index (κ3) is 2.82. The molecule has 0 saturated carbocycles. The fourth-order valence-corrected chi connectivity index (χ4v) is 3.14. The van der Waals surface area contributed by atoms with Crippen LogP contribution in [0.25, 0.3) is 5.57 Å². The Morgan fingerprint density at radius 3 is 2.71 bits per heavy atom. The largest absolute Gasteiger partial charge is 0.416 e. The molecule has 2 heterocycles. The molecular weight excluding hydrogens is 303 g/mol. The van der Waals surface area contributed by atoms with Crippen molar-refractivity contribution < 1.29 is 17.9 Å². The lowest BCUT2D eigenvalue weighted by Crippen LogP contribution is -2.51. The first-order valence-corrected chi connectivity index (χ1v) is 7.11. The van der Waals surface area contributed by atoms with E-state index >= 15 is 0 Å². The van der Waals surface area contributed by atoms with E-state index in [0.717, 1.165) is 17.7 Å². The number of nitrogens with zero attached hydrogens (tertiary/aromatic N) is 1. The maximum Gasteiger partial charge on any atom is 0.416 e. The molecule has 2 nitrogen and oxygen atoms in total. The van der Waals surface area contributed by atoms with Crippen LogP contribution in [0.3, 0.4) is 0 Å². The zero-order valence-corrected chi connectivity index (χ0v) is 12.2. The molecule has 2 bridgehead atoms. The Morgan fingerprint density at radius 1 is 1.29 bits per heavy atom. The van der Waals surface area contributed by atoms with E-state index in [-0.39, 0.29) is 12.1 Å². The van der Waals surface area contributed by atoms with E-state index in [1.165, 1.54) is 6.07 Å². The van der Waals surface area contributed by atoms with Crippen molar-refractivity contribution >= 4 is 17.2 Å². The quantitative estimate of drug-likeness (QED) is 0.780. The van der Waals surface area contributed by atoms with Crippen molar-refractivity contribution in [3.05, 3.63) is 40.4 Å². The van der Waals surface area contributed by atoms with Gasteiger partial charge in [-0.15, -0.1) is 0 Å². The van der Waals surface area contributed by atoms with Gasteiger partial charge >= 0.3 is 6.18 Å². The number of benzene rings is 1. The predicted octanol–water partition coefficient (Wildman–Crippen LogP) is 3.85. The number of hydrogen-bond acceptors (Lipinski definition) is 2. The average molecular weight is 318 g/mol. The molecule has 0 N–H and O–H groups in total. The summed E-state index contributed by atoms with van der Waals surface area (Å²) >= 11 is 6.12. The fraction of sp³-hybridized carbons (Fsp3) is 0.467. The molecule has 114 valence electrons. The summed E-state index contributed by atoms with van der Waals surface area (Å²) in [6.45, 7) is 1.16. The molecule has 1 aromatic carbocycles.